The van der Waals surface area contributed by atoms with Gasteiger partial charge in [0.15, 0.2) is 0 Å². The topological polar surface area (TPSA) is 85.5 Å². The number of nitrogens with zero attached hydrogens (tertiary/aromatic N) is 2. The molecule has 3 heterocycles. The summed E-state index contributed by atoms with van der Waals surface area (Å²) in [4.78, 5) is 46.8. The fourth-order valence-corrected chi connectivity index (χ4v) is 6.18. The third kappa shape index (κ3) is 3.93. The fraction of sp³-hybridized carbons (Fsp3) is 0.179. The van der Waals surface area contributed by atoms with E-state index in [1.807, 2.05) is 85.1 Å². The van der Waals surface area contributed by atoms with Crippen LogP contribution in [0.5, 0.6) is 0 Å². The van der Waals surface area contributed by atoms with Crippen molar-refractivity contribution in [1.82, 2.24) is 15.2 Å². The molecule has 1 aromatic heterocycles. The summed E-state index contributed by atoms with van der Waals surface area (Å²) in [5, 5.41) is 3.79. The maximum Gasteiger partial charge on any atom is 0.325 e. The molecule has 1 saturated heterocycles. The van der Waals surface area contributed by atoms with Crippen LogP contribution in [0.15, 0.2) is 90.0 Å². The van der Waals surface area contributed by atoms with Crippen molar-refractivity contribution in [3.8, 4) is 0 Å². The Morgan fingerprint density at radius 3 is 2.56 bits per heavy atom. The second-order valence-corrected chi connectivity index (χ2v) is 10.0. The zero-order valence-electron chi connectivity index (χ0n) is 19.4. The van der Waals surface area contributed by atoms with E-state index in [1.54, 1.807) is 16.7 Å². The van der Waals surface area contributed by atoms with Crippen LogP contribution in [-0.4, -0.2) is 46.1 Å². The Kier molecular flexibility index (Phi) is 5.73. The number of para-hydroxylation sites is 2. The Morgan fingerprint density at radius 2 is 1.69 bits per heavy atom. The van der Waals surface area contributed by atoms with Crippen LogP contribution < -0.4 is 10.2 Å². The molecule has 6 rings (SSSR count). The van der Waals surface area contributed by atoms with Crippen LogP contribution in [0.4, 0.5) is 10.5 Å². The number of aromatic nitrogens is 1. The molecule has 4 amide bonds. The molecule has 2 N–H and O–H groups in total. The number of imide groups is 1. The molecule has 2 aliphatic heterocycles. The molecule has 0 bridgehead atoms. The number of nitrogens with one attached hydrogen (secondary N) is 2. The van der Waals surface area contributed by atoms with Gasteiger partial charge in [-0.25, -0.2) is 4.79 Å². The number of thioether (sulfide) groups is 1. The number of anilines is 1. The molecule has 8 heteroatoms. The Morgan fingerprint density at radius 1 is 0.944 bits per heavy atom. The maximum absolute atomic E-state index is 13.7. The predicted octanol–water partition coefficient (Wildman–Crippen LogP) is 4.51. The monoisotopic (exact) mass is 496 g/mol. The van der Waals surface area contributed by atoms with Crippen molar-refractivity contribution < 1.29 is 14.4 Å². The molecule has 3 aromatic carbocycles. The van der Waals surface area contributed by atoms with Crippen molar-refractivity contribution >= 4 is 46.2 Å². The van der Waals surface area contributed by atoms with Gasteiger partial charge < -0.3 is 15.2 Å². The molecule has 0 unspecified atom stereocenters. The largest absolute Gasteiger partial charge is 0.361 e. The van der Waals surface area contributed by atoms with Gasteiger partial charge in [-0.2, -0.15) is 0 Å². The van der Waals surface area contributed by atoms with E-state index in [2.05, 4.69) is 10.3 Å². The highest BCUT2D eigenvalue weighted by atomic mass is 32.2. The van der Waals surface area contributed by atoms with Gasteiger partial charge in [0.2, 0.25) is 5.91 Å². The summed E-state index contributed by atoms with van der Waals surface area (Å²) >= 11 is 1.70. The molecule has 7 nitrogen and oxygen atoms in total. The lowest BCUT2D eigenvalue weighted by molar-refractivity contribution is -0.131. The molecular formula is C28H24N4O3S. The van der Waals surface area contributed by atoms with E-state index in [9.17, 15) is 14.4 Å². The van der Waals surface area contributed by atoms with Crippen molar-refractivity contribution in [2.45, 2.75) is 23.4 Å². The van der Waals surface area contributed by atoms with Crippen molar-refractivity contribution in [1.29, 1.82) is 0 Å². The van der Waals surface area contributed by atoms with E-state index in [1.165, 1.54) is 0 Å². The number of carbonyl (C=O) groups is 3. The van der Waals surface area contributed by atoms with Gasteiger partial charge in [-0.05, 0) is 29.3 Å². The molecule has 4 aromatic rings. The minimum Gasteiger partial charge on any atom is -0.361 e. The SMILES string of the molecule is O=C1N[C@@H](Cc2c[nH]c3ccccc23)C(=O)N1CC(=O)N1c2ccccc2SC[C@@H]1c1ccccc1. The molecule has 1 fully saturated rings. The molecule has 0 aliphatic carbocycles. The Hall–Kier alpha value is -4.04. The first-order valence-corrected chi connectivity index (χ1v) is 12.8. The summed E-state index contributed by atoms with van der Waals surface area (Å²) in [6, 6.07) is 24.0. The zero-order chi connectivity index (χ0) is 24.6. The van der Waals surface area contributed by atoms with Gasteiger partial charge >= 0.3 is 6.03 Å². The average Bonchev–Trinajstić information content (AvgIpc) is 3.44. The molecule has 0 saturated carbocycles. The van der Waals surface area contributed by atoms with Crippen LogP contribution >= 0.6 is 11.8 Å². The fourth-order valence-electron chi connectivity index (χ4n) is 5.01. The van der Waals surface area contributed by atoms with E-state index >= 15 is 0 Å². The van der Waals surface area contributed by atoms with Gasteiger partial charge in [0.1, 0.15) is 12.6 Å². The lowest BCUT2D eigenvalue weighted by atomic mass is 10.0. The number of carbonyl (C=O) groups excluding carboxylic acids is 3. The van der Waals surface area contributed by atoms with Crippen LogP contribution in [0.3, 0.4) is 0 Å². The maximum atomic E-state index is 13.7. The summed E-state index contributed by atoms with van der Waals surface area (Å²) in [6.45, 7) is -0.308. The van der Waals surface area contributed by atoms with Gasteiger partial charge in [0, 0.05) is 34.2 Å². The van der Waals surface area contributed by atoms with Gasteiger partial charge in [-0.15, -0.1) is 11.8 Å². The molecular weight excluding hydrogens is 472 g/mol. The van der Waals surface area contributed by atoms with E-state index in [4.69, 9.17) is 0 Å². The first-order valence-electron chi connectivity index (χ1n) is 11.9. The highest BCUT2D eigenvalue weighted by Crippen LogP contribution is 2.43. The van der Waals surface area contributed by atoms with Crippen molar-refractivity contribution in [3.05, 3.63) is 96.2 Å². The van der Waals surface area contributed by atoms with Crippen molar-refractivity contribution in [2.24, 2.45) is 0 Å². The first kappa shape index (κ1) is 22.4. The highest BCUT2D eigenvalue weighted by Gasteiger charge is 2.41. The Bertz CT molecular complexity index is 1470. The highest BCUT2D eigenvalue weighted by molar-refractivity contribution is 7.99. The van der Waals surface area contributed by atoms with Gasteiger partial charge in [0.25, 0.3) is 5.91 Å². The average molecular weight is 497 g/mol. The number of benzene rings is 3. The molecule has 180 valence electrons. The van der Waals surface area contributed by atoms with Crippen LogP contribution in [0, 0.1) is 0 Å². The van der Waals surface area contributed by atoms with Crippen molar-refractivity contribution in [3.63, 3.8) is 0 Å². The van der Waals surface area contributed by atoms with E-state index in [0.717, 1.165) is 37.5 Å². The Balaban J connectivity index is 1.25. The quantitative estimate of drug-likeness (QED) is 0.398. The molecule has 0 radical (unpaired) electrons. The predicted molar refractivity (Wildman–Crippen MR) is 140 cm³/mol. The van der Waals surface area contributed by atoms with E-state index in [0.29, 0.717) is 12.2 Å². The van der Waals surface area contributed by atoms with Crippen LogP contribution in [0.1, 0.15) is 17.2 Å². The second-order valence-electron chi connectivity index (χ2n) is 8.96. The van der Waals surface area contributed by atoms with Gasteiger partial charge in [0.05, 0.1) is 11.7 Å². The number of hydrogen-bond donors (Lipinski definition) is 2. The number of aromatic amines is 1. The lowest BCUT2D eigenvalue weighted by Crippen LogP contribution is -2.46. The normalized spacial score (nSPS) is 19.4. The summed E-state index contributed by atoms with van der Waals surface area (Å²) in [5.74, 6) is 0.0261. The van der Waals surface area contributed by atoms with Crippen LogP contribution in [0.25, 0.3) is 10.9 Å². The number of rotatable bonds is 5. The minimum absolute atomic E-state index is 0.193. The number of hydrogen-bond acceptors (Lipinski definition) is 4. The summed E-state index contributed by atoms with van der Waals surface area (Å²) in [6.07, 6.45) is 2.22. The van der Waals surface area contributed by atoms with Crippen molar-refractivity contribution in [2.75, 3.05) is 17.2 Å². The smallest absolute Gasteiger partial charge is 0.325 e. The van der Waals surface area contributed by atoms with E-state index < -0.39 is 12.1 Å². The number of H-pyrrole nitrogens is 1. The minimum atomic E-state index is -0.710. The summed E-state index contributed by atoms with van der Waals surface area (Å²) < 4.78 is 0. The molecule has 2 atom stereocenters. The number of fused-ring (bicyclic) bond motifs is 2. The summed E-state index contributed by atoms with van der Waals surface area (Å²) in [7, 11) is 0. The molecule has 36 heavy (non-hydrogen) atoms. The van der Waals surface area contributed by atoms with Gasteiger partial charge in [-0.3, -0.25) is 14.5 Å². The lowest BCUT2D eigenvalue weighted by Gasteiger charge is -2.37. The molecule has 0 spiro atoms. The number of amides is 4. The summed E-state index contributed by atoms with van der Waals surface area (Å²) in [5.41, 5.74) is 3.74. The zero-order valence-corrected chi connectivity index (χ0v) is 20.2. The third-order valence-corrected chi connectivity index (χ3v) is 7.92. The third-order valence-electron chi connectivity index (χ3n) is 6.79. The second kappa shape index (κ2) is 9.20. The van der Waals surface area contributed by atoms with Crippen LogP contribution in [0.2, 0.25) is 0 Å². The van der Waals surface area contributed by atoms with E-state index in [-0.39, 0.29) is 24.4 Å². The van der Waals surface area contributed by atoms with Crippen LogP contribution in [-0.2, 0) is 16.0 Å². The van der Waals surface area contributed by atoms with Gasteiger partial charge in [-0.1, -0.05) is 60.7 Å². The molecule has 2 aliphatic rings. The Labute approximate surface area is 212 Å². The number of urea groups is 1. The standard InChI is InChI=1S/C28H24N4O3S/c33-26(32-23-12-6-7-13-25(23)36-17-24(32)18-8-2-1-3-9-18)16-31-27(34)22(30-28(31)35)14-19-15-29-21-11-5-4-10-20(19)21/h1-13,15,22,24,29H,14,16-17H2,(H,30,35)/t22-,24+/m0/s1. The first-order chi connectivity index (χ1) is 17.6.